The molecule has 3 rings (SSSR count). The second kappa shape index (κ2) is 7.65. The zero-order chi connectivity index (χ0) is 16.2. The molecule has 2 aliphatic carbocycles. The van der Waals surface area contributed by atoms with Gasteiger partial charge in [-0.05, 0) is 62.3 Å². The molecule has 2 N–H and O–H groups in total. The van der Waals surface area contributed by atoms with Gasteiger partial charge in [0.2, 0.25) is 0 Å². The lowest BCUT2D eigenvalue weighted by Crippen LogP contribution is -2.54. The number of nitrogens with zero attached hydrogens (tertiary/aromatic N) is 1. The number of carboxylic acids is 1. The molecule has 2 fully saturated rings. The predicted molar refractivity (Wildman–Crippen MR) is 91.9 cm³/mol. The van der Waals surface area contributed by atoms with Crippen molar-refractivity contribution in [3.63, 3.8) is 0 Å². The largest absolute Gasteiger partial charge is 0.480 e. The van der Waals surface area contributed by atoms with Crippen molar-refractivity contribution in [3.8, 4) is 0 Å². The summed E-state index contributed by atoms with van der Waals surface area (Å²) in [6.45, 7) is 2.12. The quantitative estimate of drug-likeness (QED) is 0.728. The molecular weight excluding hydrogens is 312 g/mol. The van der Waals surface area contributed by atoms with Gasteiger partial charge in [-0.3, -0.25) is 9.69 Å². The van der Waals surface area contributed by atoms with Crippen LogP contribution >= 0.6 is 11.6 Å². The van der Waals surface area contributed by atoms with Gasteiger partial charge in [0.15, 0.2) is 0 Å². The maximum atomic E-state index is 11.0. The van der Waals surface area contributed by atoms with Crippen molar-refractivity contribution in [1.29, 1.82) is 0 Å². The van der Waals surface area contributed by atoms with Crippen LogP contribution in [0, 0.1) is 5.92 Å². The summed E-state index contributed by atoms with van der Waals surface area (Å²) in [6.07, 6.45) is 5.68. The Morgan fingerprint density at radius 3 is 2.57 bits per heavy atom. The van der Waals surface area contributed by atoms with Gasteiger partial charge in [0.05, 0.1) is 6.54 Å². The van der Waals surface area contributed by atoms with E-state index >= 15 is 0 Å². The molecule has 2 saturated carbocycles. The molecule has 4 nitrogen and oxygen atoms in total. The SMILES string of the molecule is O=C(O)CN(CC1CC1)C1CC(NCCc2ccc(Cl)cc2)C1. The van der Waals surface area contributed by atoms with E-state index in [-0.39, 0.29) is 6.54 Å². The van der Waals surface area contributed by atoms with Gasteiger partial charge in [0.25, 0.3) is 0 Å². The molecule has 1 aromatic rings. The highest BCUT2D eigenvalue weighted by Crippen LogP contribution is 2.33. The minimum absolute atomic E-state index is 0.193. The Morgan fingerprint density at radius 2 is 1.96 bits per heavy atom. The van der Waals surface area contributed by atoms with Crippen LogP contribution in [0.5, 0.6) is 0 Å². The molecule has 0 spiro atoms. The molecule has 0 aliphatic heterocycles. The molecule has 126 valence electrons. The highest BCUT2D eigenvalue weighted by Gasteiger charge is 2.36. The average molecular weight is 337 g/mol. The normalized spacial score (nSPS) is 23.7. The van der Waals surface area contributed by atoms with E-state index in [0.717, 1.165) is 43.3 Å². The number of hydrogen-bond donors (Lipinski definition) is 2. The van der Waals surface area contributed by atoms with Crippen LogP contribution in [0.1, 0.15) is 31.2 Å². The molecule has 1 aromatic carbocycles. The van der Waals surface area contributed by atoms with Gasteiger partial charge >= 0.3 is 5.97 Å². The zero-order valence-corrected chi connectivity index (χ0v) is 14.1. The molecule has 0 unspecified atom stereocenters. The summed E-state index contributed by atoms with van der Waals surface area (Å²) in [5, 5.41) is 13.4. The summed E-state index contributed by atoms with van der Waals surface area (Å²) in [5.74, 6) is 0.0380. The summed E-state index contributed by atoms with van der Waals surface area (Å²) in [4.78, 5) is 13.2. The number of hydrogen-bond acceptors (Lipinski definition) is 3. The number of carbonyl (C=O) groups is 1. The van der Waals surface area contributed by atoms with Crippen LogP contribution in [-0.4, -0.2) is 47.7 Å². The first-order chi connectivity index (χ1) is 11.1. The van der Waals surface area contributed by atoms with E-state index in [2.05, 4.69) is 22.3 Å². The molecule has 2 aliphatic rings. The molecule has 0 amide bonds. The first kappa shape index (κ1) is 16.7. The van der Waals surface area contributed by atoms with Crippen LogP contribution in [0.2, 0.25) is 5.02 Å². The average Bonchev–Trinajstić information content (AvgIpc) is 3.26. The van der Waals surface area contributed by atoms with Gasteiger partial charge in [-0.25, -0.2) is 0 Å². The summed E-state index contributed by atoms with van der Waals surface area (Å²) in [7, 11) is 0. The number of carboxylic acid groups (broad SMARTS) is 1. The topological polar surface area (TPSA) is 52.6 Å². The standard InChI is InChI=1S/C18H25ClN2O2/c19-15-5-3-13(4-6-15)7-8-20-16-9-17(10-16)21(12-18(22)23)11-14-1-2-14/h3-6,14,16-17,20H,1-2,7-12H2,(H,22,23). The fraction of sp³-hybridized carbons (Fsp3) is 0.611. The second-order valence-corrected chi connectivity index (χ2v) is 7.36. The third kappa shape index (κ3) is 5.20. The molecule has 0 heterocycles. The number of benzene rings is 1. The molecule has 0 radical (unpaired) electrons. The maximum Gasteiger partial charge on any atom is 0.317 e. The highest BCUT2D eigenvalue weighted by atomic mass is 35.5. The van der Waals surface area contributed by atoms with Gasteiger partial charge in [-0.1, -0.05) is 23.7 Å². The third-order valence-corrected chi connectivity index (χ3v) is 5.17. The van der Waals surface area contributed by atoms with Crippen LogP contribution in [0.15, 0.2) is 24.3 Å². The van der Waals surface area contributed by atoms with E-state index in [1.165, 1.54) is 18.4 Å². The summed E-state index contributed by atoms with van der Waals surface area (Å²) in [6, 6.07) is 8.97. The summed E-state index contributed by atoms with van der Waals surface area (Å²) in [5.41, 5.74) is 1.29. The minimum Gasteiger partial charge on any atom is -0.480 e. The number of halogens is 1. The number of nitrogens with one attached hydrogen (secondary N) is 1. The lowest BCUT2D eigenvalue weighted by atomic mass is 9.85. The molecule has 0 aromatic heterocycles. The first-order valence-electron chi connectivity index (χ1n) is 8.54. The Hall–Kier alpha value is -1.10. The molecule has 0 saturated heterocycles. The van der Waals surface area contributed by atoms with Crippen molar-refractivity contribution in [2.75, 3.05) is 19.6 Å². The van der Waals surface area contributed by atoms with E-state index in [1.54, 1.807) is 0 Å². The maximum absolute atomic E-state index is 11.0. The molecule has 5 heteroatoms. The van der Waals surface area contributed by atoms with E-state index in [0.29, 0.717) is 12.1 Å². The predicted octanol–water partition coefficient (Wildman–Crippen LogP) is 2.80. The lowest BCUT2D eigenvalue weighted by molar-refractivity contribution is -0.139. The Bertz CT molecular complexity index is 524. The Morgan fingerprint density at radius 1 is 1.26 bits per heavy atom. The van der Waals surface area contributed by atoms with Crippen LogP contribution < -0.4 is 5.32 Å². The van der Waals surface area contributed by atoms with Crippen molar-refractivity contribution < 1.29 is 9.90 Å². The molecular formula is C18H25ClN2O2. The van der Waals surface area contributed by atoms with Gasteiger partial charge in [-0.15, -0.1) is 0 Å². The lowest BCUT2D eigenvalue weighted by Gasteiger charge is -2.43. The van der Waals surface area contributed by atoms with Crippen molar-refractivity contribution in [1.82, 2.24) is 10.2 Å². The smallest absolute Gasteiger partial charge is 0.317 e. The van der Waals surface area contributed by atoms with Crippen LogP contribution in [0.4, 0.5) is 0 Å². The second-order valence-electron chi connectivity index (χ2n) is 6.92. The Kier molecular flexibility index (Phi) is 5.57. The number of rotatable bonds is 9. The molecule has 23 heavy (non-hydrogen) atoms. The monoisotopic (exact) mass is 336 g/mol. The van der Waals surface area contributed by atoms with Gasteiger partial charge in [0, 0.05) is 23.7 Å². The molecule has 0 bridgehead atoms. The summed E-state index contributed by atoms with van der Waals surface area (Å²) >= 11 is 5.89. The highest BCUT2D eigenvalue weighted by molar-refractivity contribution is 6.30. The van der Waals surface area contributed by atoms with E-state index in [4.69, 9.17) is 16.7 Å². The number of aliphatic carboxylic acids is 1. The van der Waals surface area contributed by atoms with Gasteiger partial charge < -0.3 is 10.4 Å². The van der Waals surface area contributed by atoms with E-state index in [9.17, 15) is 4.79 Å². The van der Waals surface area contributed by atoms with Crippen molar-refractivity contribution in [3.05, 3.63) is 34.9 Å². The Balaban J connectivity index is 1.36. The van der Waals surface area contributed by atoms with E-state index < -0.39 is 5.97 Å². The van der Waals surface area contributed by atoms with Crippen molar-refractivity contribution in [2.24, 2.45) is 5.92 Å². The minimum atomic E-state index is -0.704. The Labute approximate surface area is 142 Å². The van der Waals surface area contributed by atoms with Gasteiger partial charge in [-0.2, -0.15) is 0 Å². The fourth-order valence-electron chi connectivity index (χ4n) is 3.27. The molecule has 0 atom stereocenters. The van der Waals surface area contributed by atoms with E-state index in [1.807, 2.05) is 12.1 Å². The van der Waals surface area contributed by atoms with Crippen LogP contribution in [0.25, 0.3) is 0 Å². The summed E-state index contributed by atoms with van der Waals surface area (Å²) < 4.78 is 0. The van der Waals surface area contributed by atoms with Crippen molar-refractivity contribution >= 4 is 17.6 Å². The van der Waals surface area contributed by atoms with Crippen LogP contribution in [0.3, 0.4) is 0 Å². The van der Waals surface area contributed by atoms with Crippen molar-refractivity contribution in [2.45, 2.75) is 44.2 Å². The third-order valence-electron chi connectivity index (χ3n) is 4.92. The first-order valence-corrected chi connectivity index (χ1v) is 8.91. The van der Waals surface area contributed by atoms with Gasteiger partial charge in [0.1, 0.15) is 0 Å². The fourth-order valence-corrected chi connectivity index (χ4v) is 3.40. The van der Waals surface area contributed by atoms with Crippen LogP contribution in [-0.2, 0) is 11.2 Å². The zero-order valence-electron chi connectivity index (χ0n) is 13.4.